The number of imidazole rings is 1. The van der Waals surface area contributed by atoms with Crippen LogP contribution >= 0.6 is 0 Å². The number of esters is 2. The molecule has 0 bridgehead atoms. The van der Waals surface area contributed by atoms with Gasteiger partial charge in [-0.15, -0.1) is 0 Å². The van der Waals surface area contributed by atoms with Crippen LogP contribution in [0.3, 0.4) is 0 Å². The number of rotatable bonds is 10. The summed E-state index contributed by atoms with van der Waals surface area (Å²) in [6, 6.07) is 0. The Morgan fingerprint density at radius 3 is 1.86 bits per heavy atom. The molecule has 51 heavy (non-hydrogen) atoms. The largest absolute Gasteiger partial charge is 0.509 e. The fraction of sp³-hybridized carbons (Fsp3) is 0.688. The molecule has 0 N–H and O–H groups in total. The number of hydrogen-bond acceptors (Lipinski definition) is 16. The highest BCUT2D eigenvalue weighted by Crippen LogP contribution is 2.37. The van der Waals surface area contributed by atoms with Gasteiger partial charge in [-0.2, -0.15) is 4.90 Å². The van der Waals surface area contributed by atoms with Crippen LogP contribution in [0.4, 0.5) is 24.6 Å². The lowest BCUT2D eigenvalue weighted by Gasteiger charge is -2.28. The second-order valence-corrected chi connectivity index (χ2v) is 14.1. The van der Waals surface area contributed by atoms with Gasteiger partial charge >= 0.3 is 30.3 Å². The number of ether oxygens (including phenoxy) is 8. The average molecular weight is 728 g/mol. The summed E-state index contributed by atoms with van der Waals surface area (Å²) in [5, 5.41) is 0. The first-order valence-electron chi connectivity index (χ1n) is 16.1. The van der Waals surface area contributed by atoms with Gasteiger partial charge < -0.3 is 37.9 Å². The zero-order valence-electron chi connectivity index (χ0n) is 30.6. The van der Waals surface area contributed by atoms with E-state index in [0.717, 1.165) is 17.2 Å². The normalized spacial score (nSPS) is 19.4. The second kappa shape index (κ2) is 16.1. The van der Waals surface area contributed by atoms with Gasteiger partial charge in [0.2, 0.25) is 0 Å². The second-order valence-electron chi connectivity index (χ2n) is 14.1. The van der Waals surface area contributed by atoms with Crippen LogP contribution in [0.5, 0.6) is 0 Å². The van der Waals surface area contributed by atoms with Crippen molar-refractivity contribution in [2.75, 3.05) is 24.7 Å². The number of anilines is 1. The maximum absolute atomic E-state index is 16.4. The number of alkyl halides is 1. The summed E-state index contributed by atoms with van der Waals surface area (Å²) in [6.07, 6.45) is -10.2. The van der Waals surface area contributed by atoms with Gasteiger partial charge in [0.1, 0.15) is 29.2 Å². The Morgan fingerprint density at radius 2 is 1.37 bits per heavy atom. The van der Waals surface area contributed by atoms with E-state index in [1.165, 1.54) is 13.8 Å². The number of nitrogens with zero attached hydrogens (tertiary/aromatic N) is 5. The molecule has 1 saturated heterocycles. The van der Waals surface area contributed by atoms with Gasteiger partial charge in [0.05, 0.1) is 26.1 Å². The lowest BCUT2D eigenvalue weighted by molar-refractivity contribution is -0.177. The molecule has 18 nitrogen and oxygen atoms in total. The maximum atomic E-state index is 16.4. The van der Waals surface area contributed by atoms with Gasteiger partial charge in [-0.3, -0.25) is 4.57 Å². The van der Waals surface area contributed by atoms with Crippen molar-refractivity contribution in [3.05, 3.63) is 12.7 Å². The summed E-state index contributed by atoms with van der Waals surface area (Å²) in [6.45, 7) is 16.5. The average Bonchev–Trinajstić information content (AvgIpc) is 3.52. The van der Waals surface area contributed by atoms with Crippen molar-refractivity contribution in [1.82, 2.24) is 19.5 Å². The minimum Gasteiger partial charge on any atom is -0.464 e. The molecule has 4 atom stereocenters. The molecule has 1 fully saturated rings. The first kappa shape index (κ1) is 40.8. The molecule has 0 spiro atoms. The minimum atomic E-state index is -2.15. The number of halogens is 1. The molecule has 2 aromatic heterocycles. The van der Waals surface area contributed by atoms with E-state index < -0.39 is 84.4 Å². The van der Waals surface area contributed by atoms with Gasteiger partial charge in [0.25, 0.3) is 6.10 Å². The van der Waals surface area contributed by atoms with Crippen LogP contribution < -0.4 is 4.90 Å². The zero-order chi connectivity index (χ0) is 38.5. The van der Waals surface area contributed by atoms with Crippen LogP contribution in [0, 0.1) is 0 Å². The highest BCUT2D eigenvalue weighted by Gasteiger charge is 2.51. The Kier molecular flexibility index (Phi) is 12.9. The van der Waals surface area contributed by atoms with Crippen LogP contribution in [-0.4, -0.2) is 111 Å². The van der Waals surface area contributed by atoms with E-state index in [1.54, 1.807) is 62.3 Å². The maximum Gasteiger partial charge on any atom is 0.509 e. The Balaban J connectivity index is 2.05. The molecule has 0 radical (unpaired) electrons. The Labute approximate surface area is 294 Å². The standard InChI is InChI=1S/C32H46FN5O13/c1-12-44-25(39)21(26(40)45-13-2)46-14-17-20(48-29(43)51-32(9,10)11)18(33)24(47-17)37-16-36-19-22(37)34-15-35-23(19)38(27(41)49-30(3,4)5)28(42)50-31(6,7)8/h15-18,20-21,24H,12-14H2,1-11H3/t17-,18-,20-,24-/m1/s1. The summed E-state index contributed by atoms with van der Waals surface area (Å²) in [5.41, 5.74) is -3.32. The molecule has 0 aromatic carbocycles. The van der Waals surface area contributed by atoms with Gasteiger partial charge in [-0.05, 0) is 76.2 Å². The molecule has 2 amide bonds. The van der Waals surface area contributed by atoms with E-state index in [2.05, 4.69) is 15.0 Å². The lowest BCUT2D eigenvalue weighted by Crippen LogP contribution is -2.44. The first-order chi connectivity index (χ1) is 23.6. The number of carbonyl (C=O) groups is 5. The molecule has 0 aliphatic carbocycles. The lowest BCUT2D eigenvalue weighted by atomic mass is 10.1. The smallest absolute Gasteiger partial charge is 0.464 e. The molecule has 1 aliphatic rings. The summed E-state index contributed by atoms with van der Waals surface area (Å²) in [7, 11) is 0. The molecule has 2 aromatic rings. The highest BCUT2D eigenvalue weighted by atomic mass is 19.1. The topological polar surface area (TPSA) is 206 Å². The van der Waals surface area contributed by atoms with Gasteiger partial charge in [0, 0.05) is 0 Å². The van der Waals surface area contributed by atoms with Gasteiger partial charge in [-0.1, -0.05) is 0 Å². The summed E-state index contributed by atoms with van der Waals surface area (Å²) in [4.78, 5) is 77.4. The highest BCUT2D eigenvalue weighted by molar-refractivity contribution is 6.12. The molecule has 3 rings (SSSR count). The van der Waals surface area contributed by atoms with E-state index in [1.807, 2.05) is 0 Å². The fourth-order valence-corrected chi connectivity index (χ4v) is 4.49. The monoisotopic (exact) mass is 727 g/mol. The third-order valence-corrected chi connectivity index (χ3v) is 6.29. The Hall–Kier alpha value is -4.65. The fourth-order valence-electron chi connectivity index (χ4n) is 4.49. The van der Waals surface area contributed by atoms with Crippen molar-refractivity contribution >= 4 is 47.3 Å². The Bertz CT molecular complexity index is 1530. The van der Waals surface area contributed by atoms with Crippen LogP contribution in [-0.2, 0) is 47.5 Å². The van der Waals surface area contributed by atoms with Gasteiger partial charge in [-0.25, -0.2) is 43.3 Å². The van der Waals surface area contributed by atoms with E-state index in [9.17, 15) is 24.0 Å². The summed E-state index contributed by atoms with van der Waals surface area (Å²) < 4.78 is 60.3. The summed E-state index contributed by atoms with van der Waals surface area (Å²) in [5.74, 6) is -2.46. The van der Waals surface area contributed by atoms with Crippen LogP contribution in [0.2, 0.25) is 0 Å². The van der Waals surface area contributed by atoms with Crippen molar-refractivity contribution in [1.29, 1.82) is 0 Å². The predicted octanol–water partition coefficient (Wildman–Crippen LogP) is 4.57. The number of imide groups is 1. The van der Waals surface area contributed by atoms with Crippen LogP contribution in [0.1, 0.15) is 82.4 Å². The van der Waals surface area contributed by atoms with Crippen molar-refractivity contribution in [2.24, 2.45) is 0 Å². The van der Waals surface area contributed by atoms with Gasteiger partial charge in [0.15, 0.2) is 35.5 Å². The number of fused-ring (bicyclic) bond motifs is 1. The number of hydrogen-bond donors (Lipinski definition) is 0. The van der Waals surface area contributed by atoms with E-state index in [-0.39, 0.29) is 30.2 Å². The SMILES string of the molecule is CCOC(=O)C(OC[C@H]1O[C@@H](n2cnc3c(N(C(=O)OC(C)(C)C)C(=O)OC(C)(C)C)ncnc32)[C@H](F)[C@@H]1OC(=O)OC(C)(C)C)C(=O)OCC. The van der Waals surface area contributed by atoms with Crippen molar-refractivity contribution in [3.8, 4) is 0 Å². The summed E-state index contributed by atoms with van der Waals surface area (Å²) >= 11 is 0. The molecule has 0 saturated carbocycles. The first-order valence-corrected chi connectivity index (χ1v) is 16.1. The third-order valence-electron chi connectivity index (χ3n) is 6.29. The molecular formula is C32H46FN5O13. The predicted molar refractivity (Wildman–Crippen MR) is 173 cm³/mol. The molecule has 0 unspecified atom stereocenters. The molecule has 284 valence electrons. The number of amides is 2. The van der Waals surface area contributed by atoms with Crippen molar-refractivity contribution in [3.63, 3.8) is 0 Å². The number of carbonyl (C=O) groups excluding carboxylic acids is 5. The van der Waals surface area contributed by atoms with Crippen LogP contribution in [0.25, 0.3) is 11.2 Å². The van der Waals surface area contributed by atoms with Crippen molar-refractivity contribution < 1.29 is 66.3 Å². The quantitative estimate of drug-likeness (QED) is 0.187. The number of aromatic nitrogens is 4. The van der Waals surface area contributed by atoms with Crippen LogP contribution in [0.15, 0.2) is 12.7 Å². The van der Waals surface area contributed by atoms with E-state index in [4.69, 9.17) is 37.9 Å². The zero-order valence-corrected chi connectivity index (χ0v) is 30.6. The molecule has 1 aliphatic heterocycles. The molecular weight excluding hydrogens is 681 g/mol. The minimum absolute atomic E-state index is 0.0755. The van der Waals surface area contributed by atoms with E-state index >= 15 is 4.39 Å². The Morgan fingerprint density at radius 1 is 0.843 bits per heavy atom. The van der Waals surface area contributed by atoms with Crippen molar-refractivity contribution in [2.45, 2.75) is 124 Å². The third kappa shape index (κ3) is 10.9. The molecule has 19 heteroatoms. The van der Waals surface area contributed by atoms with E-state index in [0.29, 0.717) is 4.90 Å². The molecule has 3 heterocycles.